The van der Waals surface area contributed by atoms with E-state index in [9.17, 15) is 9.59 Å². The topological polar surface area (TPSA) is 71.0 Å². The first-order chi connectivity index (χ1) is 13.8. The fraction of sp³-hybridized carbons (Fsp3) is 0.286. The van der Waals surface area contributed by atoms with E-state index in [-0.39, 0.29) is 18.2 Å². The molecule has 1 saturated heterocycles. The fourth-order valence-corrected chi connectivity index (χ4v) is 4.20. The number of anilines is 1. The second-order valence-corrected chi connectivity index (χ2v) is 8.39. The molecule has 0 aromatic heterocycles. The van der Waals surface area contributed by atoms with E-state index < -0.39 is 5.25 Å². The van der Waals surface area contributed by atoms with Gasteiger partial charge >= 0.3 is 0 Å². The smallest absolute Gasteiger partial charge is 0.242 e. The number of ether oxygens (including phenoxy) is 1. The Morgan fingerprint density at radius 1 is 1.28 bits per heavy atom. The molecule has 0 spiro atoms. The quantitative estimate of drug-likeness (QED) is 0.753. The maximum atomic E-state index is 12.6. The number of aryl methyl sites for hydroxylation is 2. The Bertz CT molecular complexity index is 993. The van der Waals surface area contributed by atoms with E-state index in [0.29, 0.717) is 21.6 Å². The SMILES string of the molecule is COc1ccc(Cl)cc1N=C1S[C@@H](CC(=O)Nc2cc(C)ccc2C)C(=O)N1C. The number of carbonyl (C=O) groups excluding carboxylic acids is 2. The first kappa shape index (κ1) is 21.2. The molecule has 152 valence electrons. The van der Waals surface area contributed by atoms with Crippen LogP contribution in [-0.2, 0) is 9.59 Å². The van der Waals surface area contributed by atoms with Crippen molar-refractivity contribution in [3.05, 3.63) is 52.5 Å². The van der Waals surface area contributed by atoms with Crippen LogP contribution < -0.4 is 10.1 Å². The Morgan fingerprint density at radius 2 is 2.03 bits per heavy atom. The van der Waals surface area contributed by atoms with Gasteiger partial charge in [0.05, 0.1) is 7.11 Å². The number of methoxy groups -OCH3 is 1. The van der Waals surface area contributed by atoms with Gasteiger partial charge in [-0.15, -0.1) is 0 Å². The van der Waals surface area contributed by atoms with E-state index in [0.717, 1.165) is 16.8 Å². The lowest BCUT2D eigenvalue weighted by Crippen LogP contribution is -2.30. The highest BCUT2D eigenvalue weighted by atomic mass is 35.5. The number of carbonyl (C=O) groups is 2. The van der Waals surface area contributed by atoms with Crippen molar-refractivity contribution >= 4 is 51.7 Å². The number of nitrogens with zero attached hydrogens (tertiary/aromatic N) is 2. The maximum Gasteiger partial charge on any atom is 0.242 e. The van der Waals surface area contributed by atoms with Crippen LogP contribution in [0.2, 0.25) is 5.02 Å². The molecule has 0 bridgehead atoms. The van der Waals surface area contributed by atoms with E-state index in [1.807, 2.05) is 32.0 Å². The third-order valence-electron chi connectivity index (χ3n) is 4.54. The van der Waals surface area contributed by atoms with E-state index >= 15 is 0 Å². The highest BCUT2D eigenvalue weighted by Gasteiger charge is 2.37. The van der Waals surface area contributed by atoms with Gasteiger partial charge in [0.25, 0.3) is 0 Å². The van der Waals surface area contributed by atoms with Crippen LogP contribution in [0.1, 0.15) is 17.5 Å². The molecule has 0 radical (unpaired) electrons. The number of benzene rings is 2. The molecule has 3 rings (SSSR count). The lowest BCUT2D eigenvalue weighted by molar-refractivity contribution is -0.127. The Balaban J connectivity index is 1.74. The lowest BCUT2D eigenvalue weighted by atomic mass is 10.1. The Hall–Kier alpha value is -2.51. The number of hydrogen-bond donors (Lipinski definition) is 1. The predicted octanol–water partition coefficient (Wildman–Crippen LogP) is 4.56. The highest BCUT2D eigenvalue weighted by molar-refractivity contribution is 8.15. The first-order valence-corrected chi connectivity index (χ1v) is 10.3. The minimum Gasteiger partial charge on any atom is -0.494 e. The zero-order chi connectivity index (χ0) is 21.1. The summed E-state index contributed by atoms with van der Waals surface area (Å²) in [6.45, 7) is 3.90. The monoisotopic (exact) mass is 431 g/mol. The van der Waals surface area contributed by atoms with Gasteiger partial charge in [0.15, 0.2) is 5.17 Å². The lowest BCUT2D eigenvalue weighted by Gasteiger charge is -2.11. The molecule has 6 nitrogen and oxygen atoms in total. The standard InChI is InChI=1S/C21H22ClN3O3S/c1-12-5-6-13(2)15(9-12)23-19(26)11-18-20(27)25(3)21(29-18)24-16-10-14(22)7-8-17(16)28-4/h5-10,18H,11H2,1-4H3,(H,23,26)/t18-/m0/s1. The fourth-order valence-electron chi connectivity index (χ4n) is 2.89. The zero-order valence-electron chi connectivity index (χ0n) is 16.7. The molecular formula is C21H22ClN3O3S. The number of halogens is 1. The Kier molecular flexibility index (Phi) is 6.49. The van der Waals surface area contributed by atoms with Gasteiger partial charge in [-0.3, -0.25) is 14.5 Å². The molecule has 1 aliphatic rings. The molecule has 1 atom stereocenters. The predicted molar refractivity (Wildman–Crippen MR) is 118 cm³/mol. The second kappa shape index (κ2) is 8.88. The summed E-state index contributed by atoms with van der Waals surface area (Å²) in [4.78, 5) is 31.1. The van der Waals surface area contributed by atoms with Gasteiger partial charge in [-0.25, -0.2) is 4.99 Å². The van der Waals surface area contributed by atoms with Crippen LogP contribution >= 0.6 is 23.4 Å². The van der Waals surface area contributed by atoms with E-state index in [2.05, 4.69) is 10.3 Å². The highest BCUT2D eigenvalue weighted by Crippen LogP contribution is 2.35. The first-order valence-electron chi connectivity index (χ1n) is 9.02. The minimum absolute atomic E-state index is 0.0624. The molecule has 0 saturated carbocycles. The van der Waals surface area contributed by atoms with Crippen LogP contribution in [0.25, 0.3) is 0 Å². The zero-order valence-corrected chi connectivity index (χ0v) is 18.2. The van der Waals surface area contributed by atoms with Crippen molar-refractivity contribution < 1.29 is 14.3 Å². The van der Waals surface area contributed by atoms with Crippen LogP contribution in [0, 0.1) is 13.8 Å². The van der Waals surface area contributed by atoms with Crippen molar-refractivity contribution in [2.45, 2.75) is 25.5 Å². The molecule has 2 aromatic carbocycles. The Morgan fingerprint density at radius 3 is 2.76 bits per heavy atom. The number of aliphatic imine (C=N–C) groups is 1. The summed E-state index contributed by atoms with van der Waals surface area (Å²) in [5, 5.41) is 3.39. The van der Waals surface area contributed by atoms with Crippen molar-refractivity contribution in [3.63, 3.8) is 0 Å². The summed E-state index contributed by atoms with van der Waals surface area (Å²) in [5.74, 6) is 0.185. The molecule has 1 fully saturated rings. The minimum atomic E-state index is -0.533. The third kappa shape index (κ3) is 4.92. The molecule has 1 aliphatic heterocycles. The van der Waals surface area contributed by atoms with Crippen molar-refractivity contribution in [3.8, 4) is 5.75 Å². The number of amidine groups is 1. The molecule has 0 unspecified atom stereocenters. The van der Waals surface area contributed by atoms with Gasteiger partial charge in [0.2, 0.25) is 11.8 Å². The number of nitrogens with one attached hydrogen (secondary N) is 1. The van der Waals surface area contributed by atoms with Gasteiger partial charge in [-0.2, -0.15) is 0 Å². The maximum absolute atomic E-state index is 12.6. The van der Waals surface area contributed by atoms with Crippen molar-refractivity contribution in [1.82, 2.24) is 4.90 Å². The second-order valence-electron chi connectivity index (χ2n) is 6.78. The van der Waals surface area contributed by atoms with Crippen molar-refractivity contribution in [2.75, 3.05) is 19.5 Å². The number of hydrogen-bond acceptors (Lipinski definition) is 5. The van der Waals surface area contributed by atoms with Crippen LogP contribution in [0.5, 0.6) is 5.75 Å². The van der Waals surface area contributed by atoms with Gasteiger partial charge in [-0.05, 0) is 49.2 Å². The average molecular weight is 432 g/mol. The van der Waals surface area contributed by atoms with Crippen molar-refractivity contribution in [2.24, 2.45) is 4.99 Å². The van der Waals surface area contributed by atoms with Gasteiger partial charge in [-0.1, -0.05) is 35.5 Å². The normalized spacial score (nSPS) is 17.7. The molecule has 2 amide bonds. The average Bonchev–Trinajstić information content (AvgIpc) is 2.93. The summed E-state index contributed by atoms with van der Waals surface area (Å²) in [5.41, 5.74) is 3.32. The summed E-state index contributed by atoms with van der Waals surface area (Å²) in [6.07, 6.45) is 0.0624. The number of rotatable bonds is 5. The molecular weight excluding hydrogens is 410 g/mol. The molecule has 2 aromatic rings. The molecule has 1 heterocycles. The summed E-state index contributed by atoms with van der Waals surface area (Å²) in [7, 11) is 3.19. The van der Waals surface area contributed by atoms with E-state index in [1.165, 1.54) is 16.7 Å². The Labute approximate surface area is 179 Å². The van der Waals surface area contributed by atoms with E-state index in [4.69, 9.17) is 16.3 Å². The largest absolute Gasteiger partial charge is 0.494 e. The molecule has 0 aliphatic carbocycles. The van der Waals surface area contributed by atoms with Crippen molar-refractivity contribution in [1.29, 1.82) is 0 Å². The van der Waals surface area contributed by atoms with E-state index in [1.54, 1.807) is 32.4 Å². The molecule has 29 heavy (non-hydrogen) atoms. The van der Waals surface area contributed by atoms with Gasteiger partial charge in [0.1, 0.15) is 16.7 Å². The number of thioether (sulfide) groups is 1. The van der Waals surface area contributed by atoms with Crippen LogP contribution in [0.3, 0.4) is 0 Å². The van der Waals surface area contributed by atoms with Crippen LogP contribution in [0.15, 0.2) is 41.4 Å². The molecule has 1 N–H and O–H groups in total. The summed E-state index contributed by atoms with van der Waals surface area (Å²) in [6, 6.07) is 11.0. The summed E-state index contributed by atoms with van der Waals surface area (Å²) < 4.78 is 5.31. The molecule has 8 heteroatoms. The van der Waals surface area contributed by atoms with Gasteiger partial charge in [0, 0.05) is 24.2 Å². The van der Waals surface area contributed by atoms with Gasteiger partial charge < -0.3 is 10.1 Å². The van der Waals surface area contributed by atoms with Crippen LogP contribution in [-0.4, -0.2) is 41.3 Å². The summed E-state index contributed by atoms with van der Waals surface area (Å²) >= 11 is 7.32. The van der Waals surface area contributed by atoms with Crippen LogP contribution in [0.4, 0.5) is 11.4 Å². The third-order valence-corrected chi connectivity index (χ3v) is 6.00. The number of amides is 2.